The number of carbonyl (C=O) groups is 2. The fraction of sp³-hybridized carbons (Fsp3) is 0.391. The Morgan fingerprint density at radius 1 is 1.03 bits per heavy atom. The molecule has 2 aromatic carbocycles. The van der Waals surface area contributed by atoms with E-state index in [-0.39, 0.29) is 34.9 Å². The van der Waals surface area contributed by atoms with E-state index >= 15 is 0 Å². The lowest BCUT2D eigenvalue weighted by Crippen LogP contribution is -2.47. The maximum Gasteiger partial charge on any atom is 0.264 e. The lowest BCUT2D eigenvalue weighted by Gasteiger charge is -2.33. The molecule has 0 bridgehead atoms. The summed E-state index contributed by atoms with van der Waals surface area (Å²) in [6.45, 7) is 2.22. The number of nitrogens with zero attached hydrogens (tertiary/aromatic N) is 2. The fourth-order valence-corrected chi connectivity index (χ4v) is 5.20. The summed E-state index contributed by atoms with van der Waals surface area (Å²) in [6.07, 6.45) is 0.933. The Hall–Kier alpha value is -3.27. The predicted molar refractivity (Wildman–Crippen MR) is 124 cm³/mol. The Kier molecular flexibility index (Phi) is 7.47. The third-order valence-corrected chi connectivity index (χ3v) is 7.56. The van der Waals surface area contributed by atoms with Crippen molar-refractivity contribution in [3.8, 4) is 11.5 Å². The Morgan fingerprint density at radius 3 is 2.18 bits per heavy atom. The maximum atomic E-state index is 13.6. The van der Waals surface area contributed by atoms with E-state index in [1.54, 1.807) is 29.2 Å². The number of benzene rings is 2. The molecule has 2 aromatic rings. The van der Waals surface area contributed by atoms with Crippen LogP contribution in [0, 0.1) is 12.8 Å². The molecule has 0 unspecified atom stereocenters. The first-order valence-electron chi connectivity index (χ1n) is 10.6. The van der Waals surface area contributed by atoms with Gasteiger partial charge in [-0.2, -0.15) is 0 Å². The molecule has 3 rings (SSSR count). The molecule has 33 heavy (non-hydrogen) atoms. The van der Waals surface area contributed by atoms with Crippen molar-refractivity contribution in [2.45, 2.75) is 24.7 Å². The summed E-state index contributed by atoms with van der Waals surface area (Å²) in [6, 6.07) is 11.2. The van der Waals surface area contributed by atoms with Gasteiger partial charge in [-0.15, -0.1) is 0 Å². The Labute approximate surface area is 194 Å². The molecule has 0 saturated carbocycles. The standard InChI is InChI=1S/C23H29N3O6S/c1-16-4-6-18(7-5-16)26(15-22(27)25-12-10-17(11-13-25)23(24)28)33(29,30)19-8-9-20(31-2)21(14-19)32-3/h4-9,14,17H,10-13,15H2,1-3H3,(H2,24,28). The van der Waals surface area contributed by atoms with E-state index in [1.807, 2.05) is 6.92 Å². The first-order valence-corrected chi connectivity index (χ1v) is 12.0. The molecule has 0 aliphatic carbocycles. The van der Waals surface area contributed by atoms with Gasteiger partial charge in [0.1, 0.15) is 6.54 Å². The summed E-state index contributed by atoms with van der Waals surface area (Å²) in [5, 5.41) is 0. The Balaban J connectivity index is 1.92. The highest BCUT2D eigenvalue weighted by Gasteiger charge is 2.32. The van der Waals surface area contributed by atoms with Crippen LogP contribution >= 0.6 is 0 Å². The average Bonchev–Trinajstić information content (AvgIpc) is 2.82. The Morgan fingerprint density at radius 2 is 1.64 bits per heavy atom. The van der Waals surface area contributed by atoms with Gasteiger partial charge in [0.2, 0.25) is 11.8 Å². The second-order valence-electron chi connectivity index (χ2n) is 7.92. The van der Waals surface area contributed by atoms with Gasteiger partial charge in [0.25, 0.3) is 10.0 Å². The topological polar surface area (TPSA) is 119 Å². The highest BCUT2D eigenvalue weighted by molar-refractivity contribution is 7.92. The molecular formula is C23H29N3O6S. The van der Waals surface area contributed by atoms with Crippen LogP contribution < -0.4 is 19.5 Å². The second kappa shape index (κ2) is 10.1. The summed E-state index contributed by atoms with van der Waals surface area (Å²) >= 11 is 0. The van der Waals surface area contributed by atoms with Crippen LogP contribution in [0.4, 0.5) is 5.69 Å². The van der Waals surface area contributed by atoms with E-state index in [1.165, 1.54) is 32.4 Å². The van der Waals surface area contributed by atoms with Gasteiger partial charge in [-0.1, -0.05) is 17.7 Å². The van der Waals surface area contributed by atoms with Crippen LogP contribution in [0.2, 0.25) is 0 Å². The smallest absolute Gasteiger partial charge is 0.264 e. The second-order valence-corrected chi connectivity index (χ2v) is 9.78. The van der Waals surface area contributed by atoms with Crippen LogP contribution in [-0.4, -0.2) is 59.0 Å². The van der Waals surface area contributed by atoms with Crippen LogP contribution in [0.3, 0.4) is 0 Å². The van der Waals surface area contributed by atoms with Gasteiger partial charge in [-0.3, -0.25) is 13.9 Å². The lowest BCUT2D eigenvalue weighted by molar-refractivity contribution is -0.133. The molecule has 0 spiro atoms. The molecular weight excluding hydrogens is 446 g/mol. The molecule has 2 amide bonds. The summed E-state index contributed by atoms with van der Waals surface area (Å²) in [5.41, 5.74) is 6.71. The molecule has 2 N–H and O–H groups in total. The van der Waals surface area contributed by atoms with Gasteiger partial charge >= 0.3 is 0 Å². The zero-order valence-corrected chi connectivity index (χ0v) is 19.8. The predicted octanol–water partition coefficient (Wildman–Crippen LogP) is 1.93. The SMILES string of the molecule is COc1ccc(S(=O)(=O)N(CC(=O)N2CCC(C(N)=O)CC2)c2ccc(C)cc2)cc1OC. The van der Waals surface area contributed by atoms with Crippen molar-refractivity contribution >= 4 is 27.5 Å². The van der Waals surface area contributed by atoms with Crippen molar-refractivity contribution in [1.29, 1.82) is 0 Å². The molecule has 1 saturated heterocycles. The van der Waals surface area contributed by atoms with Crippen molar-refractivity contribution in [2.24, 2.45) is 11.7 Å². The van der Waals surface area contributed by atoms with E-state index in [0.29, 0.717) is 37.4 Å². The number of rotatable bonds is 8. The van der Waals surface area contributed by atoms with E-state index in [0.717, 1.165) is 9.87 Å². The molecule has 1 aliphatic heterocycles. The van der Waals surface area contributed by atoms with Gasteiger partial charge < -0.3 is 20.1 Å². The van der Waals surface area contributed by atoms with Gasteiger partial charge in [-0.25, -0.2) is 8.42 Å². The van der Waals surface area contributed by atoms with E-state index in [4.69, 9.17) is 15.2 Å². The number of likely N-dealkylation sites (tertiary alicyclic amines) is 1. The first kappa shape index (κ1) is 24.4. The number of aryl methyl sites for hydroxylation is 1. The largest absolute Gasteiger partial charge is 0.493 e. The van der Waals surface area contributed by atoms with Gasteiger partial charge in [0.15, 0.2) is 11.5 Å². The molecule has 1 fully saturated rings. The molecule has 9 nitrogen and oxygen atoms in total. The zero-order chi connectivity index (χ0) is 24.2. The van der Waals surface area contributed by atoms with E-state index in [2.05, 4.69) is 0 Å². The molecule has 10 heteroatoms. The van der Waals surface area contributed by atoms with Gasteiger partial charge in [0, 0.05) is 25.1 Å². The van der Waals surface area contributed by atoms with Crippen LogP contribution in [0.15, 0.2) is 47.4 Å². The van der Waals surface area contributed by atoms with Crippen molar-refractivity contribution in [1.82, 2.24) is 4.90 Å². The summed E-state index contributed by atoms with van der Waals surface area (Å²) in [7, 11) is -1.22. The normalized spacial score (nSPS) is 14.6. The number of hydrogen-bond donors (Lipinski definition) is 1. The van der Waals surface area contributed by atoms with Gasteiger partial charge in [-0.05, 0) is 44.0 Å². The minimum absolute atomic E-state index is 0.0269. The third kappa shape index (κ3) is 5.39. The van der Waals surface area contributed by atoms with Crippen molar-refractivity contribution in [2.75, 3.05) is 38.2 Å². The number of ether oxygens (including phenoxy) is 2. The number of carbonyl (C=O) groups excluding carboxylic acids is 2. The molecule has 1 heterocycles. The minimum Gasteiger partial charge on any atom is -0.493 e. The number of sulfonamides is 1. The number of nitrogens with two attached hydrogens (primary N) is 1. The number of piperidine rings is 1. The minimum atomic E-state index is -4.11. The average molecular weight is 476 g/mol. The molecule has 0 aromatic heterocycles. The summed E-state index contributed by atoms with van der Waals surface area (Å²) in [4.78, 5) is 26.1. The fourth-order valence-electron chi connectivity index (χ4n) is 3.77. The monoisotopic (exact) mass is 475 g/mol. The van der Waals surface area contributed by atoms with Crippen molar-refractivity contribution in [3.05, 3.63) is 48.0 Å². The number of methoxy groups -OCH3 is 2. The zero-order valence-electron chi connectivity index (χ0n) is 19.0. The van der Waals surface area contributed by atoms with Crippen LogP contribution in [0.1, 0.15) is 18.4 Å². The lowest BCUT2D eigenvalue weighted by atomic mass is 9.96. The highest BCUT2D eigenvalue weighted by atomic mass is 32.2. The third-order valence-electron chi connectivity index (χ3n) is 5.79. The van der Waals surface area contributed by atoms with E-state index in [9.17, 15) is 18.0 Å². The first-order chi connectivity index (χ1) is 15.7. The molecule has 0 radical (unpaired) electrons. The van der Waals surface area contributed by atoms with Crippen LogP contribution in [0.25, 0.3) is 0 Å². The molecule has 178 valence electrons. The number of amides is 2. The van der Waals surface area contributed by atoms with Crippen molar-refractivity contribution < 1.29 is 27.5 Å². The quantitative estimate of drug-likeness (QED) is 0.623. The highest BCUT2D eigenvalue weighted by Crippen LogP contribution is 2.32. The van der Waals surface area contributed by atoms with Crippen molar-refractivity contribution in [3.63, 3.8) is 0 Å². The number of anilines is 1. The number of hydrogen-bond acceptors (Lipinski definition) is 6. The molecule has 0 atom stereocenters. The van der Waals surface area contributed by atoms with Crippen LogP contribution in [0.5, 0.6) is 11.5 Å². The van der Waals surface area contributed by atoms with Gasteiger partial charge in [0.05, 0.1) is 24.8 Å². The Bertz CT molecular complexity index is 1110. The molecule has 1 aliphatic rings. The summed E-state index contributed by atoms with van der Waals surface area (Å²) in [5.74, 6) is -0.325. The summed E-state index contributed by atoms with van der Waals surface area (Å²) < 4.78 is 38.8. The van der Waals surface area contributed by atoms with E-state index < -0.39 is 10.0 Å². The van der Waals surface area contributed by atoms with Crippen LogP contribution in [-0.2, 0) is 19.6 Å². The maximum absolute atomic E-state index is 13.6. The number of primary amides is 1.